The highest BCUT2D eigenvalue weighted by Gasteiger charge is 2.19. The molecule has 6 nitrogen and oxygen atoms in total. The summed E-state index contributed by atoms with van der Waals surface area (Å²) in [6, 6.07) is 7.34. The van der Waals surface area contributed by atoms with Gasteiger partial charge in [0.05, 0.1) is 23.9 Å². The van der Waals surface area contributed by atoms with Gasteiger partial charge in [0.2, 0.25) is 5.91 Å². The molecule has 0 saturated carbocycles. The maximum Gasteiger partial charge on any atom is 0.267 e. The first-order valence-corrected chi connectivity index (χ1v) is 12.2. The molecule has 2 aromatic heterocycles. The van der Waals surface area contributed by atoms with E-state index in [1.807, 2.05) is 31.2 Å². The van der Waals surface area contributed by atoms with Crippen LogP contribution in [-0.4, -0.2) is 34.9 Å². The van der Waals surface area contributed by atoms with Gasteiger partial charge in [-0.25, -0.2) is 4.98 Å². The Bertz CT molecular complexity index is 1140. The van der Waals surface area contributed by atoms with E-state index in [9.17, 15) is 9.59 Å². The molecule has 8 heteroatoms. The highest BCUT2D eigenvalue weighted by molar-refractivity contribution is 7.99. The normalized spacial score (nSPS) is 11.3. The van der Waals surface area contributed by atoms with Gasteiger partial charge in [0.15, 0.2) is 5.16 Å². The predicted octanol–water partition coefficient (Wildman–Crippen LogP) is 4.58. The number of methoxy groups -OCH3 is 1. The Morgan fingerprint density at radius 1 is 1.35 bits per heavy atom. The topological polar surface area (TPSA) is 73.2 Å². The number of benzene rings is 1. The van der Waals surface area contributed by atoms with Crippen LogP contribution in [0.2, 0.25) is 0 Å². The molecule has 0 aliphatic heterocycles. The fraction of sp³-hybridized carbons (Fsp3) is 0.435. The molecule has 0 fully saturated rings. The first-order chi connectivity index (χ1) is 14.8. The van der Waals surface area contributed by atoms with Crippen molar-refractivity contribution in [3.05, 3.63) is 45.1 Å². The summed E-state index contributed by atoms with van der Waals surface area (Å²) in [6.07, 6.45) is 1.79. The fourth-order valence-electron chi connectivity index (χ4n) is 3.30. The summed E-state index contributed by atoms with van der Waals surface area (Å²) in [5.74, 6) is 1.33. The highest BCUT2D eigenvalue weighted by Crippen LogP contribution is 2.31. The summed E-state index contributed by atoms with van der Waals surface area (Å²) in [6.45, 7) is 8.96. The molecule has 0 aliphatic rings. The van der Waals surface area contributed by atoms with E-state index in [4.69, 9.17) is 9.72 Å². The second-order valence-corrected chi connectivity index (χ2v) is 9.77. The van der Waals surface area contributed by atoms with Gasteiger partial charge in [0.1, 0.15) is 10.6 Å². The number of nitrogens with one attached hydrogen (secondary N) is 1. The van der Waals surface area contributed by atoms with Crippen molar-refractivity contribution in [3.8, 4) is 11.4 Å². The lowest BCUT2D eigenvalue weighted by molar-refractivity contribution is -0.118. The van der Waals surface area contributed by atoms with Crippen LogP contribution in [0, 0.1) is 12.8 Å². The molecule has 0 spiro atoms. The molecule has 3 rings (SSSR count). The Hall–Kier alpha value is -2.32. The number of thioether (sulfide) groups is 1. The van der Waals surface area contributed by atoms with Crippen LogP contribution in [0.15, 0.2) is 34.2 Å². The number of carbonyl (C=O) groups excluding carboxylic acids is 1. The molecule has 0 unspecified atom stereocenters. The third-order valence-corrected chi connectivity index (χ3v) is 7.31. The maximum atomic E-state index is 13.6. The molecule has 0 bridgehead atoms. The molecule has 1 N–H and O–H groups in total. The largest absolute Gasteiger partial charge is 0.497 e. The van der Waals surface area contributed by atoms with E-state index in [1.54, 1.807) is 23.0 Å². The quantitative estimate of drug-likeness (QED) is 0.374. The number of hydrogen-bond acceptors (Lipinski definition) is 6. The predicted molar refractivity (Wildman–Crippen MR) is 129 cm³/mol. The van der Waals surface area contributed by atoms with E-state index in [1.165, 1.54) is 11.8 Å². The van der Waals surface area contributed by atoms with Gasteiger partial charge in [-0.15, -0.1) is 11.3 Å². The summed E-state index contributed by atoms with van der Waals surface area (Å²) >= 11 is 2.83. The van der Waals surface area contributed by atoms with Gasteiger partial charge in [-0.2, -0.15) is 0 Å². The van der Waals surface area contributed by atoms with Crippen molar-refractivity contribution in [1.29, 1.82) is 0 Å². The third-order valence-electron chi connectivity index (χ3n) is 5.04. The Labute approximate surface area is 191 Å². The van der Waals surface area contributed by atoms with E-state index in [2.05, 4.69) is 26.1 Å². The number of nitrogens with zero attached hydrogens (tertiary/aromatic N) is 2. The summed E-state index contributed by atoms with van der Waals surface area (Å²) in [5.41, 5.74) is 1.54. The molecule has 3 aromatic rings. The maximum absolute atomic E-state index is 13.6. The van der Waals surface area contributed by atoms with Gasteiger partial charge < -0.3 is 10.1 Å². The van der Waals surface area contributed by atoms with Crippen LogP contribution in [-0.2, 0) is 11.2 Å². The molecule has 1 aromatic carbocycles. The van der Waals surface area contributed by atoms with Crippen molar-refractivity contribution < 1.29 is 9.53 Å². The number of thiophene rings is 1. The number of carbonyl (C=O) groups is 1. The summed E-state index contributed by atoms with van der Waals surface area (Å²) < 4.78 is 6.94. The Balaban J connectivity index is 2.02. The smallest absolute Gasteiger partial charge is 0.267 e. The van der Waals surface area contributed by atoms with Crippen molar-refractivity contribution in [2.75, 3.05) is 19.4 Å². The summed E-state index contributed by atoms with van der Waals surface area (Å²) in [4.78, 5) is 32.6. The number of ether oxygens (including phenoxy) is 1. The lowest BCUT2D eigenvalue weighted by Crippen LogP contribution is -2.28. The monoisotopic (exact) mass is 459 g/mol. The lowest BCUT2D eigenvalue weighted by Gasteiger charge is -2.13. The van der Waals surface area contributed by atoms with Crippen molar-refractivity contribution >= 4 is 39.2 Å². The van der Waals surface area contributed by atoms with Crippen LogP contribution in [0.3, 0.4) is 0 Å². The fourth-order valence-corrected chi connectivity index (χ4v) is 5.30. The van der Waals surface area contributed by atoms with E-state index < -0.39 is 0 Å². The van der Waals surface area contributed by atoms with Crippen molar-refractivity contribution in [1.82, 2.24) is 14.9 Å². The summed E-state index contributed by atoms with van der Waals surface area (Å²) in [7, 11) is 1.59. The average molecular weight is 460 g/mol. The zero-order chi connectivity index (χ0) is 22.5. The van der Waals surface area contributed by atoms with Gasteiger partial charge in [-0.3, -0.25) is 14.2 Å². The van der Waals surface area contributed by atoms with Crippen molar-refractivity contribution in [2.45, 2.75) is 45.7 Å². The van der Waals surface area contributed by atoms with Crippen LogP contribution >= 0.6 is 23.1 Å². The van der Waals surface area contributed by atoms with Gasteiger partial charge >= 0.3 is 0 Å². The van der Waals surface area contributed by atoms with Crippen LogP contribution in [0.1, 0.15) is 37.6 Å². The average Bonchev–Trinajstić information content (AvgIpc) is 3.07. The molecular weight excluding hydrogens is 430 g/mol. The molecule has 1 amide bonds. The van der Waals surface area contributed by atoms with Crippen LogP contribution in [0.4, 0.5) is 0 Å². The highest BCUT2D eigenvalue weighted by atomic mass is 32.2. The minimum atomic E-state index is -0.116. The lowest BCUT2D eigenvalue weighted by atomic mass is 10.1. The van der Waals surface area contributed by atoms with Crippen LogP contribution in [0.25, 0.3) is 15.9 Å². The Morgan fingerprint density at radius 3 is 2.81 bits per heavy atom. The zero-order valence-electron chi connectivity index (χ0n) is 18.7. The van der Waals surface area contributed by atoms with Crippen LogP contribution in [0.5, 0.6) is 5.75 Å². The van der Waals surface area contributed by atoms with Gasteiger partial charge in [-0.1, -0.05) is 38.6 Å². The molecule has 2 heterocycles. The first kappa shape index (κ1) is 23.3. The molecule has 31 heavy (non-hydrogen) atoms. The molecular formula is C23H29N3O3S2. The first-order valence-electron chi connectivity index (χ1n) is 10.4. The summed E-state index contributed by atoms with van der Waals surface area (Å²) in [5, 5.41) is 4.10. The molecule has 166 valence electrons. The van der Waals surface area contributed by atoms with Gasteiger partial charge in [-0.05, 0) is 43.4 Å². The van der Waals surface area contributed by atoms with Crippen molar-refractivity contribution in [2.24, 2.45) is 5.92 Å². The zero-order valence-corrected chi connectivity index (χ0v) is 20.3. The van der Waals surface area contributed by atoms with Crippen molar-refractivity contribution in [3.63, 3.8) is 0 Å². The molecule has 0 aliphatic carbocycles. The minimum Gasteiger partial charge on any atom is -0.497 e. The number of aromatic nitrogens is 2. The second kappa shape index (κ2) is 10.3. The Morgan fingerprint density at radius 2 is 2.13 bits per heavy atom. The van der Waals surface area contributed by atoms with E-state index in [-0.39, 0.29) is 17.2 Å². The molecule has 0 radical (unpaired) electrons. The van der Waals surface area contributed by atoms with Gasteiger partial charge in [0.25, 0.3) is 5.56 Å². The van der Waals surface area contributed by atoms with E-state index in [0.717, 1.165) is 28.1 Å². The number of rotatable bonds is 9. The molecule has 0 atom stereocenters. The van der Waals surface area contributed by atoms with E-state index in [0.29, 0.717) is 34.4 Å². The van der Waals surface area contributed by atoms with Crippen LogP contribution < -0.4 is 15.6 Å². The number of fused-ring (bicyclic) bond motifs is 1. The standard InChI is InChI=1S/C23H29N3O3S2/c1-6-18-15(4)20-21(31-18)25-23(30-13-19(27)24-11-10-14(2)3)26(22(20)28)16-8-7-9-17(12-16)29-5/h7-9,12,14H,6,10-11,13H2,1-5H3,(H,24,27). The molecule has 0 saturated heterocycles. The van der Waals surface area contributed by atoms with Gasteiger partial charge in [0, 0.05) is 17.5 Å². The third kappa shape index (κ3) is 5.30. The number of amides is 1. The SMILES string of the molecule is CCc1sc2nc(SCC(=O)NCCC(C)C)n(-c3cccc(OC)c3)c(=O)c2c1C. The number of aryl methyl sites for hydroxylation is 2. The second-order valence-electron chi connectivity index (χ2n) is 7.74. The number of hydrogen-bond donors (Lipinski definition) is 1. The minimum absolute atomic E-state index is 0.0613. The van der Waals surface area contributed by atoms with E-state index >= 15 is 0 Å². The Kier molecular flexibility index (Phi) is 7.78.